The molecule has 0 aliphatic heterocycles. The molecule has 1 rings (SSSR count). The predicted octanol–water partition coefficient (Wildman–Crippen LogP) is 4.69. The molecule has 0 aliphatic carbocycles. The summed E-state index contributed by atoms with van der Waals surface area (Å²) >= 11 is 0. The summed E-state index contributed by atoms with van der Waals surface area (Å²) < 4.78 is 34.0. The molecule has 0 aliphatic rings. The van der Waals surface area contributed by atoms with Gasteiger partial charge in [-0.05, 0) is 6.42 Å². The minimum atomic E-state index is -3.17. The highest BCUT2D eigenvalue weighted by atomic mass is 19.3. The summed E-state index contributed by atoms with van der Waals surface area (Å²) in [5.74, 6) is -1.33. The largest absolute Gasteiger partial charge is 0.493 e. The van der Waals surface area contributed by atoms with Crippen LogP contribution < -0.4 is 14.8 Å². The van der Waals surface area contributed by atoms with Gasteiger partial charge in [-0.3, -0.25) is 14.9 Å². The molecule has 1 N–H and O–H groups in total. The van der Waals surface area contributed by atoms with Gasteiger partial charge in [0, 0.05) is 12.6 Å². The van der Waals surface area contributed by atoms with Crippen LogP contribution in [-0.4, -0.2) is 31.1 Å². The van der Waals surface area contributed by atoms with Crippen molar-refractivity contribution in [2.24, 2.45) is 0 Å². The second-order valence-corrected chi connectivity index (χ2v) is 6.03. The number of nitrogens with zero attached hydrogens (tertiary/aromatic N) is 1. The Morgan fingerprint density at radius 1 is 1.15 bits per heavy atom. The molecule has 9 heteroatoms. The number of amides is 1. The maximum absolute atomic E-state index is 12.4. The van der Waals surface area contributed by atoms with Crippen molar-refractivity contribution in [2.45, 2.75) is 58.5 Å². The number of methoxy groups -OCH3 is 1. The highest BCUT2D eigenvalue weighted by Crippen LogP contribution is 2.35. The Morgan fingerprint density at radius 2 is 1.78 bits per heavy atom. The molecule has 152 valence electrons. The lowest BCUT2D eigenvalue weighted by Crippen LogP contribution is -2.25. The topological polar surface area (TPSA) is 90.7 Å². The third-order valence-corrected chi connectivity index (χ3v) is 4.01. The predicted molar refractivity (Wildman–Crippen MR) is 96.6 cm³/mol. The van der Waals surface area contributed by atoms with Crippen molar-refractivity contribution in [2.75, 3.05) is 13.7 Å². The van der Waals surface area contributed by atoms with Crippen LogP contribution in [0.5, 0.6) is 11.5 Å². The molecule has 1 aromatic rings. The first-order valence-electron chi connectivity index (χ1n) is 9.00. The van der Waals surface area contributed by atoms with Crippen molar-refractivity contribution in [1.82, 2.24) is 5.32 Å². The Morgan fingerprint density at radius 3 is 2.33 bits per heavy atom. The molecule has 7 nitrogen and oxygen atoms in total. The molecule has 27 heavy (non-hydrogen) atoms. The van der Waals surface area contributed by atoms with Crippen LogP contribution in [0, 0.1) is 10.1 Å². The number of hydrogen-bond donors (Lipinski definition) is 1. The van der Waals surface area contributed by atoms with Crippen LogP contribution in [-0.2, 0) is 0 Å². The van der Waals surface area contributed by atoms with Crippen molar-refractivity contribution >= 4 is 11.6 Å². The lowest BCUT2D eigenvalue weighted by Gasteiger charge is -2.12. The van der Waals surface area contributed by atoms with Crippen molar-refractivity contribution in [3.63, 3.8) is 0 Å². The van der Waals surface area contributed by atoms with E-state index in [0.29, 0.717) is 6.54 Å². The molecule has 0 heterocycles. The normalized spacial score (nSPS) is 10.7. The molecule has 0 saturated carbocycles. The Kier molecular flexibility index (Phi) is 10.1. The van der Waals surface area contributed by atoms with E-state index >= 15 is 0 Å². The smallest absolute Gasteiger partial charge is 0.387 e. The fourth-order valence-electron chi connectivity index (χ4n) is 2.61. The minimum absolute atomic E-state index is 0.179. The first-order valence-corrected chi connectivity index (χ1v) is 9.00. The molecule has 0 spiro atoms. The lowest BCUT2D eigenvalue weighted by atomic mass is 10.1. The number of unbranched alkanes of at least 4 members (excludes halogenated alkanes) is 6. The van der Waals surface area contributed by atoms with Gasteiger partial charge in [0.25, 0.3) is 11.6 Å². The number of benzene rings is 1. The molecule has 1 amide bonds. The lowest BCUT2D eigenvalue weighted by molar-refractivity contribution is -0.385. The Balaban J connectivity index is 2.70. The average Bonchev–Trinajstić information content (AvgIpc) is 2.62. The van der Waals surface area contributed by atoms with Crippen molar-refractivity contribution in [3.05, 3.63) is 27.8 Å². The van der Waals surface area contributed by atoms with Gasteiger partial charge in [0.2, 0.25) is 0 Å². The zero-order valence-electron chi connectivity index (χ0n) is 15.6. The summed E-state index contributed by atoms with van der Waals surface area (Å²) in [5, 5.41) is 13.8. The van der Waals surface area contributed by atoms with Crippen molar-refractivity contribution in [3.8, 4) is 11.5 Å². The van der Waals surface area contributed by atoms with Crippen molar-refractivity contribution < 1.29 is 28.0 Å². The van der Waals surface area contributed by atoms with E-state index in [1.165, 1.54) is 26.4 Å². The van der Waals surface area contributed by atoms with Gasteiger partial charge in [-0.15, -0.1) is 0 Å². The summed E-state index contributed by atoms with van der Waals surface area (Å²) in [5.41, 5.74) is -0.884. The van der Waals surface area contributed by atoms with Gasteiger partial charge >= 0.3 is 6.61 Å². The van der Waals surface area contributed by atoms with Gasteiger partial charge in [0.15, 0.2) is 11.5 Å². The molecule has 0 unspecified atom stereocenters. The first kappa shape index (κ1) is 22.6. The summed E-state index contributed by atoms with van der Waals surface area (Å²) in [7, 11) is 1.19. The summed E-state index contributed by atoms with van der Waals surface area (Å²) in [6, 6.07) is 1.81. The van der Waals surface area contributed by atoms with Crippen LogP contribution in [0.3, 0.4) is 0 Å². The van der Waals surface area contributed by atoms with E-state index in [9.17, 15) is 23.7 Å². The fourth-order valence-corrected chi connectivity index (χ4v) is 2.61. The quantitative estimate of drug-likeness (QED) is 0.301. The second kappa shape index (κ2) is 12.0. The van der Waals surface area contributed by atoms with Gasteiger partial charge in [0.05, 0.1) is 18.1 Å². The number of ether oxygens (including phenoxy) is 2. The number of alkyl halides is 2. The third kappa shape index (κ3) is 7.76. The SMILES string of the molecule is CCCCCCCCCNC(=O)c1cc(OC)c(OC(F)F)cc1[N+](=O)[O-]. The zero-order chi connectivity index (χ0) is 20.2. The van der Waals surface area contributed by atoms with Gasteiger partial charge in [-0.2, -0.15) is 8.78 Å². The standard InChI is InChI=1S/C18H26F2N2O5/c1-3-4-5-6-7-8-9-10-21-17(23)13-11-15(26-2)16(27-18(19)20)12-14(13)22(24)25/h11-12,18H,3-10H2,1-2H3,(H,21,23). The van der Waals surface area contributed by atoms with Gasteiger partial charge < -0.3 is 14.8 Å². The van der Waals surface area contributed by atoms with E-state index in [0.717, 1.165) is 37.8 Å². The average molecular weight is 388 g/mol. The summed E-state index contributed by atoms with van der Waals surface area (Å²) in [4.78, 5) is 22.7. The zero-order valence-corrected chi connectivity index (χ0v) is 15.6. The van der Waals surface area contributed by atoms with E-state index in [1.54, 1.807) is 0 Å². The Bertz CT molecular complexity index is 626. The number of nitro groups is 1. The summed E-state index contributed by atoms with van der Waals surface area (Å²) in [6.07, 6.45) is 7.53. The number of carbonyl (C=O) groups excluding carboxylic acids is 1. The van der Waals surface area contributed by atoms with Gasteiger partial charge in [-0.25, -0.2) is 0 Å². The molecular weight excluding hydrogens is 362 g/mol. The highest BCUT2D eigenvalue weighted by molar-refractivity contribution is 5.99. The van der Waals surface area contributed by atoms with Crippen molar-refractivity contribution in [1.29, 1.82) is 0 Å². The first-order chi connectivity index (χ1) is 12.9. The molecule has 0 aromatic heterocycles. The van der Waals surface area contributed by atoms with E-state index in [2.05, 4.69) is 17.0 Å². The molecule has 0 saturated heterocycles. The fraction of sp³-hybridized carbons (Fsp3) is 0.611. The van der Waals surface area contributed by atoms with Crippen LogP contribution in [0.25, 0.3) is 0 Å². The minimum Gasteiger partial charge on any atom is -0.493 e. The molecule has 0 atom stereocenters. The molecule has 1 aromatic carbocycles. The molecule has 0 radical (unpaired) electrons. The second-order valence-electron chi connectivity index (χ2n) is 6.03. The van der Waals surface area contributed by atoms with Crippen LogP contribution >= 0.6 is 0 Å². The van der Waals surface area contributed by atoms with Crippen LogP contribution in [0.1, 0.15) is 62.2 Å². The number of halogens is 2. The van der Waals surface area contributed by atoms with E-state index in [4.69, 9.17) is 4.74 Å². The monoisotopic (exact) mass is 388 g/mol. The molecular formula is C18H26F2N2O5. The van der Waals surface area contributed by atoms with Crippen LogP contribution in [0.4, 0.5) is 14.5 Å². The number of rotatable bonds is 13. The highest BCUT2D eigenvalue weighted by Gasteiger charge is 2.25. The van der Waals surface area contributed by atoms with Crippen LogP contribution in [0.15, 0.2) is 12.1 Å². The number of nitro benzene ring substituents is 1. The number of nitrogens with one attached hydrogen (secondary N) is 1. The van der Waals surface area contributed by atoms with E-state index < -0.39 is 28.9 Å². The Hall–Kier alpha value is -2.45. The number of hydrogen-bond acceptors (Lipinski definition) is 5. The molecule has 0 bridgehead atoms. The van der Waals surface area contributed by atoms with E-state index in [1.807, 2.05) is 0 Å². The number of carbonyl (C=O) groups is 1. The summed E-state index contributed by atoms with van der Waals surface area (Å²) in [6.45, 7) is -0.646. The van der Waals surface area contributed by atoms with Gasteiger partial charge in [-0.1, -0.05) is 45.4 Å². The van der Waals surface area contributed by atoms with Crippen LogP contribution in [0.2, 0.25) is 0 Å². The maximum Gasteiger partial charge on any atom is 0.387 e. The van der Waals surface area contributed by atoms with E-state index in [-0.39, 0.29) is 11.3 Å². The Labute approximate surface area is 157 Å². The third-order valence-electron chi connectivity index (χ3n) is 4.01. The maximum atomic E-state index is 12.4. The molecule has 0 fully saturated rings. The van der Waals surface area contributed by atoms with Gasteiger partial charge in [0.1, 0.15) is 5.56 Å².